The Balaban J connectivity index is 0.940. The number of carboxylic acids is 1. The summed E-state index contributed by atoms with van der Waals surface area (Å²) in [5.74, 6) is 0.234. The van der Waals surface area contributed by atoms with E-state index in [0.717, 1.165) is 81.5 Å². The van der Waals surface area contributed by atoms with Crippen molar-refractivity contribution in [2.75, 3.05) is 31.1 Å². The number of pyridine rings is 1. The summed E-state index contributed by atoms with van der Waals surface area (Å²) in [7, 11) is 0. The van der Waals surface area contributed by atoms with Crippen LogP contribution in [0.2, 0.25) is 0 Å². The molecule has 0 radical (unpaired) electrons. The molecule has 1 aromatic carbocycles. The molecule has 4 saturated carbocycles. The number of aliphatic hydroxyl groups excluding tert-OH is 2. The second-order valence-electron chi connectivity index (χ2n) is 19.4. The average Bonchev–Trinajstić information content (AvgIpc) is 3.76. The van der Waals surface area contributed by atoms with Crippen LogP contribution >= 0.6 is 11.3 Å². The van der Waals surface area contributed by atoms with Gasteiger partial charge in [0.1, 0.15) is 5.82 Å². The molecule has 12 nitrogen and oxygen atoms in total. The highest BCUT2D eigenvalue weighted by atomic mass is 32.1. The lowest BCUT2D eigenvalue weighted by atomic mass is 9.35. The van der Waals surface area contributed by atoms with Gasteiger partial charge < -0.3 is 25.5 Å². The zero-order valence-electron chi connectivity index (χ0n) is 34.9. The highest BCUT2D eigenvalue weighted by Gasteiger charge is 2.65. The number of anilines is 2. The number of aromatic nitrogens is 6. The van der Waals surface area contributed by atoms with E-state index in [-0.39, 0.29) is 17.7 Å². The molecule has 0 amide bonds. The summed E-state index contributed by atoms with van der Waals surface area (Å²) in [5, 5.41) is 48.4. The van der Waals surface area contributed by atoms with Crippen molar-refractivity contribution in [2.24, 2.45) is 21.7 Å². The predicted molar refractivity (Wildman–Crippen MR) is 230 cm³/mol. The first-order valence-electron chi connectivity index (χ1n) is 21.5. The second-order valence-corrected chi connectivity index (χ2v) is 20.5. The van der Waals surface area contributed by atoms with Crippen molar-refractivity contribution in [3.63, 3.8) is 0 Å². The number of nitrogens with zero attached hydrogens (tertiary/aromatic N) is 7. The third-order valence-electron chi connectivity index (χ3n) is 14.1. The van der Waals surface area contributed by atoms with Crippen molar-refractivity contribution in [2.45, 2.75) is 117 Å². The average molecular weight is 819 g/mol. The fraction of sp³-hybridized carbons (Fsp3) is 0.565. The van der Waals surface area contributed by atoms with Crippen LogP contribution in [-0.4, -0.2) is 83.6 Å². The number of carbonyl (C=O) groups is 1. The van der Waals surface area contributed by atoms with Gasteiger partial charge in [0.2, 0.25) is 0 Å². The molecule has 5 aliphatic rings. The molecule has 4 aromatic heterocycles. The van der Waals surface area contributed by atoms with Gasteiger partial charge in [-0.3, -0.25) is 4.68 Å². The van der Waals surface area contributed by atoms with E-state index in [0.29, 0.717) is 53.6 Å². The minimum atomic E-state index is -1.07. The summed E-state index contributed by atoms with van der Waals surface area (Å²) in [6.07, 6.45) is 13.9. The summed E-state index contributed by atoms with van der Waals surface area (Å²) in [6, 6.07) is 12.0. The van der Waals surface area contributed by atoms with E-state index in [1.165, 1.54) is 44.9 Å². The Kier molecular flexibility index (Phi) is 10.4. The van der Waals surface area contributed by atoms with Crippen molar-refractivity contribution in [1.82, 2.24) is 35.3 Å². The molecule has 4 bridgehead atoms. The van der Waals surface area contributed by atoms with Crippen LogP contribution in [-0.2, 0) is 19.4 Å². The Bertz CT molecular complexity index is 2340. The predicted octanol–water partition coefficient (Wildman–Crippen LogP) is 7.81. The number of fused-ring (bicyclic) bond motifs is 2. The monoisotopic (exact) mass is 818 g/mol. The molecule has 4 fully saturated rings. The highest BCUT2D eigenvalue weighted by Crippen LogP contribution is 2.75. The molecule has 59 heavy (non-hydrogen) atoms. The molecule has 1 aliphatic heterocycles. The largest absolute Gasteiger partial charge is 0.476 e. The first-order valence-corrected chi connectivity index (χ1v) is 22.3. The second kappa shape index (κ2) is 15.3. The quantitative estimate of drug-likeness (QED) is 0.0763. The van der Waals surface area contributed by atoms with Crippen molar-refractivity contribution < 1.29 is 20.1 Å². The van der Waals surface area contributed by atoms with Crippen LogP contribution in [0, 0.1) is 35.5 Å². The minimum absolute atomic E-state index is 0.0164. The van der Waals surface area contributed by atoms with Crippen LogP contribution in [0.1, 0.15) is 116 Å². The summed E-state index contributed by atoms with van der Waals surface area (Å²) in [4.78, 5) is 24.6. The summed E-state index contributed by atoms with van der Waals surface area (Å²) >= 11 is 1.69. The standard InChI is InChI=1S/C46H58N8O4S/c1-29-32-9-7-18-53(41(32)52-51-36(29)19-39-49-35-10-5-6-11-37(35)59-39)38-13-12-33(40(50-38)42(57)58)34-20-48-54(30(34)2)28-46-25-43(3)22-44(4,26-46)24-45(23-43,27-46)15-8-16-47-17-14-31(56)21-55/h5-6,10-13,20,31,47,55-56H,7-9,14-19,21-28H2,1-4H3,(H,57,58)/t31-,43?,44?,45?,46?/m0/s1. The molecule has 4 aliphatic carbocycles. The maximum Gasteiger partial charge on any atom is 0.355 e. The molecule has 10 rings (SSSR count). The molecule has 2 unspecified atom stereocenters. The molecule has 0 spiro atoms. The molecule has 5 heterocycles. The van der Waals surface area contributed by atoms with Crippen LogP contribution in [0.4, 0.5) is 11.6 Å². The molecule has 0 saturated heterocycles. The van der Waals surface area contributed by atoms with Gasteiger partial charge in [-0.05, 0) is 149 Å². The van der Waals surface area contributed by atoms with Crippen molar-refractivity contribution in [3.8, 4) is 11.1 Å². The fourth-order valence-corrected chi connectivity index (χ4v) is 14.0. The van der Waals surface area contributed by atoms with Crippen molar-refractivity contribution >= 4 is 39.2 Å². The zero-order chi connectivity index (χ0) is 41.2. The van der Waals surface area contributed by atoms with Gasteiger partial charge in [0, 0.05) is 41.9 Å². The summed E-state index contributed by atoms with van der Waals surface area (Å²) in [6.45, 7) is 12.2. The van der Waals surface area contributed by atoms with Gasteiger partial charge in [-0.15, -0.1) is 16.4 Å². The van der Waals surface area contributed by atoms with Crippen LogP contribution < -0.4 is 10.2 Å². The van der Waals surface area contributed by atoms with Crippen molar-refractivity contribution in [1.29, 1.82) is 0 Å². The SMILES string of the molecule is Cc1c(Cc2nc3ccccc3s2)nnc2c1CCCN2c1ccc(-c2cnn(CC34CC5(C)CC(C)(CC(CCCNCC[C@H](O)CO)(C5)C3)C4)c2C)c(C(=O)O)n1. The number of hydrogen-bond acceptors (Lipinski definition) is 11. The number of aliphatic hydroxyl groups is 2. The minimum Gasteiger partial charge on any atom is -0.476 e. The Labute approximate surface area is 350 Å². The number of benzene rings is 1. The van der Waals surface area contributed by atoms with E-state index in [1.807, 2.05) is 41.4 Å². The third kappa shape index (κ3) is 7.68. The number of para-hydroxylation sites is 1. The number of aromatic carboxylic acids is 1. The number of carboxylic acid groups (broad SMARTS) is 1. The van der Waals surface area contributed by atoms with Crippen LogP contribution in [0.5, 0.6) is 0 Å². The highest BCUT2D eigenvalue weighted by molar-refractivity contribution is 7.18. The maximum atomic E-state index is 13.0. The maximum absolute atomic E-state index is 13.0. The lowest BCUT2D eigenvalue weighted by Crippen LogP contribution is -2.60. The van der Waals surface area contributed by atoms with Gasteiger partial charge in [-0.25, -0.2) is 14.8 Å². The Morgan fingerprint density at radius 1 is 0.949 bits per heavy atom. The Morgan fingerprint density at radius 2 is 1.73 bits per heavy atom. The third-order valence-corrected chi connectivity index (χ3v) is 15.2. The lowest BCUT2D eigenvalue weighted by Gasteiger charge is -2.70. The van der Waals surface area contributed by atoms with E-state index in [2.05, 4.69) is 43.8 Å². The molecule has 4 N–H and O–H groups in total. The van der Waals surface area contributed by atoms with Crippen LogP contribution in [0.3, 0.4) is 0 Å². The summed E-state index contributed by atoms with van der Waals surface area (Å²) in [5.41, 5.74) is 7.57. The van der Waals surface area contributed by atoms with E-state index < -0.39 is 12.1 Å². The van der Waals surface area contributed by atoms with Crippen LogP contribution in [0.25, 0.3) is 21.3 Å². The smallest absolute Gasteiger partial charge is 0.355 e. The van der Waals surface area contributed by atoms with E-state index in [1.54, 1.807) is 11.3 Å². The number of rotatable bonds is 15. The van der Waals surface area contributed by atoms with Crippen molar-refractivity contribution in [3.05, 3.63) is 75.8 Å². The first-order chi connectivity index (χ1) is 28.3. The summed E-state index contributed by atoms with van der Waals surface area (Å²) < 4.78 is 3.32. The van der Waals surface area contributed by atoms with Gasteiger partial charge in [0.15, 0.2) is 11.5 Å². The fourth-order valence-electron chi connectivity index (χ4n) is 13.0. The van der Waals surface area contributed by atoms with E-state index in [4.69, 9.17) is 30.4 Å². The van der Waals surface area contributed by atoms with Gasteiger partial charge >= 0.3 is 5.97 Å². The van der Waals surface area contributed by atoms with Gasteiger partial charge in [-0.1, -0.05) is 26.0 Å². The van der Waals surface area contributed by atoms with Crippen LogP contribution in [0.15, 0.2) is 42.6 Å². The molecule has 312 valence electrons. The normalized spacial score (nSPS) is 26.4. The number of nitrogens with one attached hydrogen (secondary N) is 1. The Hall–Kier alpha value is -4.30. The first kappa shape index (κ1) is 40.1. The van der Waals surface area contributed by atoms with Gasteiger partial charge in [-0.2, -0.15) is 10.2 Å². The molecular formula is C46H58N8O4S. The number of hydrogen-bond donors (Lipinski definition) is 4. The molecule has 3 atom stereocenters. The lowest BCUT2D eigenvalue weighted by molar-refractivity contribution is -0.197. The molecule has 13 heteroatoms. The van der Waals surface area contributed by atoms with Gasteiger partial charge in [0.05, 0.1) is 39.8 Å². The number of thiazole rings is 1. The van der Waals surface area contributed by atoms with E-state index in [9.17, 15) is 15.0 Å². The zero-order valence-corrected chi connectivity index (χ0v) is 35.7. The molecular weight excluding hydrogens is 761 g/mol. The van der Waals surface area contributed by atoms with Gasteiger partial charge in [0.25, 0.3) is 0 Å². The Morgan fingerprint density at radius 3 is 2.49 bits per heavy atom. The molecule has 5 aromatic rings. The van der Waals surface area contributed by atoms with E-state index >= 15 is 0 Å². The topological polar surface area (TPSA) is 162 Å².